The van der Waals surface area contributed by atoms with Gasteiger partial charge in [-0.3, -0.25) is 0 Å². The minimum absolute atomic E-state index is 0.351. The summed E-state index contributed by atoms with van der Waals surface area (Å²) in [6.45, 7) is 4.06. The third-order valence-corrected chi connectivity index (χ3v) is 1.48. The maximum Gasteiger partial charge on any atom is 0.119 e. The van der Waals surface area contributed by atoms with Gasteiger partial charge in [-0.15, -0.1) is 0 Å². The molecule has 1 rings (SSSR count). The number of rotatable bonds is 3. The quantitative estimate of drug-likeness (QED) is 0.741. The summed E-state index contributed by atoms with van der Waals surface area (Å²) in [5, 5.41) is 8.96. The fourth-order valence-corrected chi connectivity index (χ4v) is 0.922. The van der Waals surface area contributed by atoms with Crippen molar-refractivity contribution < 1.29 is 9.84 Å². The van der Waals surface area contributed by atoms with Crippen LogP contribution in [0.1, 0.15) is 12.5 Å². The second-order valence-corrected chi connectivity index (χ2v) is 2.98. The first-order valence-corrected chi connectivity index (χ1v) is 4.06. The van der Waals surface area contributed by atoms with Crippen molar-refractivity contribution >= 4 is 0 Å². The Hall–Kier alpha value is -1.02. The molecule has 1 N–H and O–H groups in total. The Balaban J connectivity index is 2.52. The highest BCUT2D eigenvalue weighted by Gasteiger charge is 1.97. The van der Waals surface area contributed by atoms with Gasteiger partial charge in [-0.1, -0.05) is 12.1 Å². The molecule has 0 saturated heterocycles. The molecule has 0 aliphatic carbocycles. The molecular weight excluding hydrogens is 152 g/mol. The van der Waals surface area contributed by atoms with Gasteiger partial charge in [0, 0.05) is 0 Å². The topological polar surface area (TPSA) is 29.5 Å². The Kier molecular flexibility index (Phi) is 3.11. The van der Waals surface area contributed by atoms with Gasteiger partial charge in [-0.25, -0.2) is 0 Å². The van der Waals surface area contributed by atoms with E-state index in [1.807, 2.05) is 31.2 Å². The van der Waals surface area contributed by atoms with E-state index in [2.05, 4.69) is 0 Å². The lowest BCUT2D eigenvalue weighted by Gasteiger charge is -2.07. The second kappa shape index (κ2) is 4.12. The number of hydrogen-bond donors (Lipinski definition) is 1. The Morgan fingerprint density at radius 2 is 2.25 bits per heavy atom. The van der Waals surface area contributed by atoms with Crippen LogP contribution in [0.5, 0.6) is 5.75 Å². The van der Waals surface area contributed by atoms with Crippen LogP contribution in [-0.4, -0.2) is 17.8 Å². The number of aliphatic hydroxyl groups is 1. The lowest BCUT2D eigenvalue weighted by molar-refractivity contribution is 0.122. The number of aryl methyl sites for hydroxylation is 1. The average molecular weight is 166 g/mol. The SMILES string of the molecule is Cc1cccc(OCC(C)O)c1. The summed E-state index contributed by atoms with van der Waals surface area (Å²) >= 11 is 0. The molecule has 0 aromatic heterocycles. The van der Waals surface area contributed by atoms with Crippen molar-refractivity contribution in [3.05, 3.63) is 29.8 Å². The van der Waals surface area contributed by atoms with Crippen molar-refractivity contribution in [2.45, 2.75) is 20.0 Å². The van der Waals surface area contributed by atoms with Gasteiger partial charge in [0.15, 0.2) is 0 Å². The minimum Gasteiger partial charge on any atom is -0.491 e. The van der Waals surface area contributed by atoms with E-state index in [-0.39, 0.29) is 0 Å². The van der Waals surface area contributed by atoms with Crippen LogP contribution in [0.4, 0.5) is 0 Å². The molecule has 0 amide bonds. The summed E-state index contributed by atoms with van der Waals surface area (Å²) in [7, 11) is 0. The van der Waals surface area contributed by atoms with Crippen LogP contribution < -0.4 is 4.74 Å². The molecule has 0 spiro atoms. The summed E-state index contributed by atoms with van der Waals surface area (Å²) in [5.41, 5.74) is 1.16. The van der Waals surface area contributed by atoms with Crippen molar-refractivity contribution in [3.63, 3.8) is 0 Å². The summed E-state index contributed by atoms with van der Waals surface area (Å²) in [6, 6.07) is 7.78. The highest BCUT2D eigenvalue weighted by Crippen LogP contribution is 2.12. The molecule has 2 heteroatoms. The third kappa shape index (κ3) is 2.93. The fraction of sp³-hybridized carbons (Fsp3) is 0.400. The van der Waals surface area contributed by atoms with Crippen LogP contribution in [0.15, 0.2) is 24.3 Å². The van der Waals surface area contributed by atoms with Crippen LogP contribution in [0, 0.1) is 6.92 Å². The molecule has 12 heavy (non-hydrogen) atoms. The van der Waals surface area contributed by atoms with Crippen LogP contribution in [0.3, 0.4) is 0 Å². The first-order chi connectivity index (χ1) is 5.68. The molecule has 1 unspecified atom stereocenters. The lowest BCUT2D eigenvalue weighted by atomic mass is 10.2. The zero-order valence-corrected chi connectivity index (χ0v) is 7.45. The monoisotopic (exact) mass is 166 g/mol. The number of hydrogen-bond acceptors (Lipinski definition) is 2. The molecule has 0 bridgehead atoms. The maximum atomic E-state index is 8.96. The Labute approximate surface area is 72.8 Å². The largest absolute Gasteiger partial charge is 0.491 e. The highest BCUT2D eigenvalue weighted by atomic mass is 16.5. The van der Waals surface area contributed by atoms with Gasteiger partial charge in [0.05, 0.1) is 6.10 Å². The van der Waals surface area contributed by atoms with Gasteiger partial charge in [-0.05, 0) is 31.5 Å². The molecule has 0 aliphatic heterocycles. The van der Waals surface area contributed by atoms with E-state index in [0.29, 0.717) is 6.61 Å². The molecule has 0 saturated carbocycles. The summed E-state index contributed by atoms with van der Waals surface area (Å²) < 4.78 is 5.30. The van der Waals surface area contributed by atoms with E-state index >= 15 is 0 Å². The van der Waals surface area contributed by atoms with Gasteiger partial charge in [0.1, 0.15) is 12.4 Å². The van der Waals surface area contributed by atoms with Crippen molar-refractivity contribution in [2.24, 2.45) is 0 Å². The Morgan fingerprint density at radius 3 is 2.83 bits per heavy atom. The predicted octanol–water partition coefficient (Wildman–Crippen LogP) is 1.75. The van der Waals surface area contributed by atoms with Gasteiger partial charge < -0.3 is 9.84 Å². The summed E-state index contributed by atoms with van der Waals surface area (Å²) in [5.74, 6) is 0.816. The van der Waals surface area contributed by atoms with Crippen molar-refractivity contribution in [1.82, 2.24) is 0 Å². The van der Waals surface area contributed by atoms with E-state index in [0.717, 1.165) is 11.3 Å². The summed E-state index contributed by atoms with van der Waals surface area (Å²) in [4.78, 5) is 0. The Bertz CT molecular complexity index is 243. The van der Waals surface area contributed by atoms with Crippen molar-refractivity contribution in [2.75, 3.05) is 6.61 Å². The molecule has 0 heterocycles. The van der Waals surface area contributed by atoms with E-state index < -0.39 is 6.10 Å². The van der Waals surface area contributed by atoms with Gasteiger partial charge in [-0.2, -0.15) is 0 Å². The lowest BCUT2D eigenvalue weighted by Crippen LogP contribution is -2.12. The molecule has 0 fully saturated rings. The van der Waals surface area contributed by atoms with Gasteiger partial charge >= 0.3 is 0 Å². The molecule has 1 atom stereocenters. The zero-order chi connectivity index (χ0) is 8.97. The second-order valence-electron chi connectivity index (χ2n) is 2.98. The van der Waals surface area contributed by atoms with Gasteiger partial charge in [0.25, 0.3) is 0 Å². The number of aliphatic hydroxyl groups excluding tert-OH is 1. The van der Waals surface area contributed by atoms with Crippen LogP contribution in [0.2, 0.25) is 0 Å². The van der Waals surface area contributed by atoms with E-state index in [1.54, 1.807) is 6.92 Å². The first-order valence-electron chi connectivity index (χ1n) is 4.06. The molecule has 0 aliphatic rings. The van der Waals surface area contributed by atoms with Crippen molar-refractivity contribution in [1.29, 1.82) is 0 Å². The molecule has 1 aromatic carbocycles. The smallest absolute Gasteiger partial charge is 0.119 e. The zero-order valence-electron chi connectivity index (χ0n) is 7.45. The van der Waals surface area contributed by atoms with Crippen molar-refractivity contribution in [3.8, 4) is 5.75 Å². The Morgan fingerprint density at radius 1 is 1.50 bits per heavy atom. The van der Waals surface area contributed by atoms with Crippen LogP contribution in [0.25, 0.3) is 0 Å². The maximum absolute atomic E-state index is 8.96. The van der Waals surface area contributed by atoms with E-state index in [4.69, 9.17) is 9.84 Å². The normalized spacial score (nSPS) is 12.6. The number of benzene rings is 1. The van der Waals surface area contributed by atoms with Crippen LogP contribution >= 0.6 is 0 Å². The highest BCUT2D eigenvalue weighted by molar-refractivity contribution is 5.27. The van der Waals surface area contributed by atoms with E-state index in [1.165, 1.54) is 0 Å². The molecular formula is C10H14O2. The van der Waals surface area contributed by atoms with E-state index in [9.17, 15) is 0 Å². The molecule has 2 nitrogen and oxygen atoms in total. The predicted molar refractivity (Wildman–Crippen MR) is 48.4 cm³/mol. The summed E-state index contributed by atoms with van der Waals surface area (Å²) in [6.07, 6.45) is -0.412. The average Bonchev–Trinajstić information content (AvgIpc) is 2.01. The first kappa shape index (κ1) is 9.07. The molecule has 66 valence electrons. The number of ether oxygens (including phenoxy) is 1. The van der Waals surface area contributed by atoms with Gasteiger partial charge in [0.2, 0.25) is 0 Å². The molecule has 1 aromatic rings. The minimum atomic E-state index is -0.412. The standard InChI is InChI=1S/C10H14O2/c1-8-4-3-5-10(6-8)12-7-9(2)11/h3-6,9,11H,7H2,1-2H3. The fourth-order valence-electron chi connectivity index (χ4n) is 0.922. The molecule has 0 radical (unpaired) electrons. The third-order valence-electron chi connectivity index (χ3n) is 1.48. The van der Waals surface area contributed by atoms with Crippen LogP contribution in [-0.2, 0) is 0 Å².